The fourth-order valence-electron chi connectivity index (χ4n) is 3.32. The van der Waals surface area contributed by atoms with Crippen molar-refractivity contribution in [1.29, 1.82) is 0 Å². The molecule has 2 aromatic rings. The van der Waals surface area contributed by atoms with Crippen LogP contribution in [0.5, 0.6) is 0 Å². The van der Waals surface area contributed by atoms with E-state index in [0.29, 0.717) is 10.9 Å². The van der Waals surface area contributed by atoms with Gasteiger partial charge in [0.25, 0.3) is 5.91 Å². The summed E-state index contributed by atoms with van der Waals surface area (Å²) in [6, 6.07) is 17.4. The molecule has 1 heterocycles. The Hall–Kier alpha value is -3.19. The van der Waals surface area contributed by atoms with Crippen molar-refractivity contribution in [3.63, 3.8) is 0 Å². The van der Waals surface area contributed by atoms with Gasteiger partial charge in [0.15, 0.2) is 0 Å². The molecular weight excluding hydrogens is 386 g/mol. The number of hydrogen-bond acceptors (Lipinski definition) is 6. The number of thioether (sulfide) groups is 1. The zero-order chi connectivity index (χ0) is 20.2. The molecule has 2 aliphatic rings. The second kappa shape index (κ2) is 8.45. The Morgan fingerprint density at radius 2 is 1.83 bits per heavy atom. The topological polar surface area (TPSA) is 71.3 Å². The number of anilines is 1. The molecule has 7 heteroatoms. The van der Waals surface area contributed by atoms with Crippen LogP contribution in [-0.4, -0.2) is 29.9 Å². The molecule has 146 valence electrons. The maximum absolute atomic E-state index is 12.9. The molecule has 0 N–H and O–H groups in total. The van der Waals surface area contributed by atoms with Gasteiger partial charge in [0.1, 0.15) is 0 Å². The van der Waals surface area contributed by atoms with E-state index in [-0.39, 0.29) is 10.8 Å². The van der Waals surface area contributed by atoms with Crippen LogP contribution in [-0.2, 0) is 20.7 Å². The van der Waals surface area contributed by atoms with Gasteiger partial charge in [-0.2, -0.15) is 5.10 Å². The van der Waals surface area contributed by atoms with Crippen molar-refractivity contribution in [3.8, 4) is 0 Å². The molecule has 0 bridgehead atoms. The summed E-state index contributed by atoms with van der Waals surface area (Å²) >= 11 is 1.11. The van der Waals surface area contributed by atoms with Crippen LogP contribution in [0.1, 0.15) is 24.0 Å². The molecule has 0 radical (unpaired) electrons. The number of amides is 1. The number of carbonyl (C=O) groups excluding carboxylic acids is 2. The van der Waals surface area contributed by atoms with Crippen LogP contribution >= 0.6 is 11.8 Å². The number of carbonyl (C=O) groups is 2. The predicted octanol–water partition coefficient (Wildman–Crippen LogP) is 3.92. The highest BCUT2D eigenvalue weighted by atomic mass is 32.2. The van der Waals surface area contributed by atoms with Crippen molar-refractivity contribution in [1.82, 2.24) is 0 Å². The Morgan fingerprint density at radius 3 is 2.62 bits per heavy atom. The summed E-state index contributed by atoms with van der Waals surface area (Å²) in [4.78, 5) is 26.3. The first kappa shape index (κ1) is 19.1. The van der Waals surface area contributed by atoms with Gasteiger partial charge in [0, 0.05) is 11.6 Å². The first-order valence-corrected chi connectivity index (χ1v) is 10.1. The average Bonchev–Trinajstić information content (AvgIpc) is 3.07. The number of benzene rings is 2. The molecule has 1 fully saturated rings. The lowest BCUT2D eigenvalue weighted by Gasteiger charge is -2.17. The lowest BCUT2D eigenvalue weighted by Crippen LogP contribution is -2.28. The van der Waals surface area contributed by atoms with E-state index in [0.717, 1.165) is 42.3 Å². The highest BCUT2D eigenvalue weighted by molar-refractivity contribution is 8.19. The highest BCUT2D eigenvalue weighted by Gasteiger charge is 2.35. The van der Waals surface area contributed by atoms with Gasteiger partial charge in [-0.15, -0.1) is 5.10 Å². The summed E-state index contributed by atoms with van der Waals surface area (Å²) in [7, 11) is 1.28. The first-order chi connectivity index (χ1) is 14.2. The van der Waals surface area contributed by atoms with Crippen molar-refractivity contribution in [2.45, 2.75) is 19.3 Å². The molecule has 2 aromatic carbocycles. The number of rotatable bonds is 3. The van der Waals surface area contributed by atoms with E-state index < -0.39 is 5.97 Å². The smallest absolute Gasteiger partial charge is 0.331 e. The number of fused-ring (bicyclic) bond motifs is 1. The predicted molar refractivity (Wildman–Crippen MR) is 115 cm³/mol. The first-order valence-electron chi connectivity index (χ1n) is 9.27. The lowest BCUT2D eigenvalue weighted by atomic mass is 9.90. The quantitative estimate of drug-likeness (QED) is 0.441. The second-order valence-electron chi connectivity index (χ2n) is 6.55. The molecule has 0 saturated carbocycles. The van der Waals surface area contributed by atoms with E-state index in [1.54, 1.807) is 0 Å². The van der Waals surface area contributed by atoms with Crippen LogP contribution in [0.15, 0.2) is 75.8 Å². The molecule has 1 aliphatic carbocycles. The molecule has 4 rings (SSSR count). The van der Waals surface area contributed by atoms with Crippen LogP contribution < -0.4 is 4.90 Å². The van der Waals surface area contributed by atoms with Crippen molar-refractivity contribution in [2.75, 3.05) is 12.0 Å². The molecule has 6 nitrogen and oxygen atoms in total. The zero-order valence-corrected chi connectivity index (χ0v) is 16.7. The van der Waals surface area contributed by atoms with Gasteiger partial charge in [-0.25, -0.2) is 4.79 Å². The molecule has 0 unspecified atom stereocenters. The SMILES string of the molecule is COC(=O)/C=C1\S/C(=N\N=C2/CCCc3ccccc32)N(c2ccccc2)C1=O. The van der Waals surface area contributed by atoms with Crippen molar-refractivity contribution in [3.05, 3.63) is 76.7 Å². The fourth-order valence-corrected chi connectivity index (χ4v) is 4.21. The number of amidine groups is 1. The van der Waals surface area contributed by atoms with E-state index >= 15 is 0 Å². The van der Waals surface area contributed by atoms with Crippen molar-refractivity contribution in [2.24, 2.45) is 10.2 Å². The monoisotopic (exact) mass is 405 g/mol. The van der Waals surface area contributed by atoms with Crippen LogP contribution in [0.4, 0.5) is 5.69 Å². The molecule has 1 amide bonds. The number of methoxy groups -OCH3 is 1. The van der Waals surface area contributed by atoms with E-state index in [1.807, 2.05) is 42.5 Å². The minimum Gasteiger partial charge on any atom is -0.466 e. The Morgan fingerprint density at radius 1 is 1.07 bits per heavy atom. The third kappa shape index (κ3) is 4.00. The van der Waals surface area contributed by atoms with Gasteiger partial charge in [-0.05, 0) is 48.7 Å². The normalized spacial score (nSPS) is 20.4. The van der Waals surface area contributed by atoms with Crippen LogP contribution in [0.25, 0.3) is 0 Å². The largest absolute Gasteiger partial charge is 0.466 e. The van der Waals surface area contributed by atoms with Gasteiger partial charge in [0.2, 0.25) is 5.17 Å². The summed E-state index contributed by atoms with van der Waals surface area (Å²) in [5, 5.41) is 9.32. The van der Waals surface area contributed by atoms with Gasteiger partial charge in [-0.1, -0.05) is 42.5 Å². The Balaban J connectivity index is 1.73. The second-order valence-corrected chi connectivity index (χ2v) is 7.56. The lowest BCUT2D eigenvalue weighted by molar-refractivity contribution is -0.135. The number of para-hydroxylation sites is 1. The number of ether oxygens (including phenoxy) is 1. The van der Waals surface area contributed by atoms with E-state index in [4.69, 9.17) is 0 Å². The Kier molecular flexibility index (Phi) is 5.57. The van der Waals surface area contributed by atoms with Crippen molar-refractivity contribution >= 4 is 40.2 Å². The Bertz CT molecular complexity index is 1040. The maximum Gasteiger partial charge on any atom is 0.331 e. The molecular formula is C22H19N3O3S. The van der Waals surface area contributed by atoms with Crippen molar-refractivity contribution < 1.29 is 14.3 Å². The standard InChI is InChI=1S/C22H19N3O3S/c1-28-20(26)14-19-21(27)25(16-10-3-2-4-11-16)22(29-19)24-23-18-13-7-9-15-8-5-6-12-17(15)18/h2-6,8,10-12,14H,7,9,13H2,1H3/b19-14-,23-18+,24-22-. The zero-order valence-electron chi connectivity index (χ0n) is 15.9. The summed E-state index contributed by atoms with van der Waals surface area (Å²) in [5.74, 6) is -0.905. The summed E-state index contributed by atoms with van der Waals surface area (Å²) in [5.41, 5.74) is 3.94. The third-order valence-electron chi connectivity index (χ3n) is 4.72. The fraction of sp³-hybridized carbons (Fsp3) is 0.182. The van der Waals surface area contributed by atoms with Gasteiger partial charge >= 0.3 is 5.97 Å². The molecule has 0 spiro atoms. The Labute approximate surface area is 173 Å². The summed E-state index contributed by atoms with van der Waals surface area (Å²) in [6.45, 7) is 0. The summed E-state index contributed by atoms with van der Waals surface area (Å²) in [6.07, 6.45) is 4.07. The minimum atomic E-state index is -0.581. The molecule has 1 saturated heterocycles. The molecule has 29 heavy (non-hydrogen) atoms. The van der Waals surface area contributed by atoms with Crippen LogP contribution in [0.2, 0.25) is 0 Å². The number of aryl methyl sites for hydroxylation is 1. The molecule has 0 atom stereocenters. The van der Waals surface area contributed by atoms with Gasteiger partial charge in [0.05, 0.1) is 23.4 Å². The summed E-state index contributed by atoms with van der Waals surface area (Å²) < 4.78 is 4.66. The van der Waals surface area contributed by atoms with Crippen LogP contribution in [0.3, 0.4) is 0 Å². The van der Waals surface area contributed by atoms with E-state index in [1.165, 1.54) is 23.6 Å². The molecule has 0 aromatic heterocycles. The number of nitrogens with zero attached hydrogens (tertiary/aromatic N) is 3. The number of esters is 1. The maximum atomic E-state index is 12.9. The highest BCUT2D eigenvalue weighted by Crippen LogP contribution is 2.35. The van der Waals surface area contributed by atoms with E-state index in [9.17, 15) is 9.59 Å². The average molecular weight is 405 g/mol. The van der Waals surface area contributed by atoms with Gasteiger partial charge < -0.3 is 4.74 Å². The van der Waals surface area contributed by atoms with Gasteiger partial charge in [-0.3, -0.25) is 9.69 Å². The third-order valence-corrected chi connectivity index (χ3v) is 5.67. The van der Waals surface area contributed by atoms with Crippen LogP contribution in [0, 0.1) is 0 Å². The molecule has 1 aliphatic heterocycles. The van der Waals surface area contributed by atoms with E-state index in [2.05, 4.69) is 27.1 Å². The minimum absolute atomic E-state index is 0.253. The number of hydrogen-bond donors (Lipinski definition) is 0.